The van der Waals surface area contributed by atoms with E-state index in [1.165, 1.54) is 0 Å². The molecule has 2 rings (SSSR count). The molecule has 2 atom stereocenters. The van der Waals surface area contributed by atoms with E-state index in [0.29, 0.717) is 13.0 Å². The molecule has 1 aromatic carbocycles. The number of carboxylic acid groups (broad SMARTS) is 1. The smallest absolute Gasteiger partial charge is 0.311 e. The van der Waals surface area contributed by atoms with Crippen molar-refractivity contribution in [2.75, 3.05) is 19.7 Å². The first kappa shape index (κ1) is 15.5. The lowest BCUT2D eigenvalue weighted by molar-refractivity contribution is -0.151. The first-order chi connectivity index (χ1) is 9.99. The van der Waals surface area contributed by atoms with Gasteiger partial charge in [-0.1, -0.05) is 30.3 Å². The second kappa shape index (κ2) is 6.26. The number of carboxylic acids is 1. The fraction of sp³-hybridized carbons (Fsp3) is 0.500. The summed E-state index contributed by atoms with van der Waals surface area (Å²) in [5, 5.41) is 18.5. The number of aliphatic carboxylic acids is 1. The van der Waals surface area contributed by atoms with Crippen LogP contribution in [-0.4, -0.2) is 46.7 Å². The first-order valence-electron chi connectivity index (χ1n) is 7.16. The lowest BCUT2D eigenvalue weighted by Gasteiger charge is -2.23. The van der Waals surface area contributed by atoms with Crippen LogP contribution in [0.1, 0.15) is 18.9 Å². The summed E-state index contributed by atoms with van der Waals surface area (Å²) in [6, 6.07) is 9.79. The van der Waals surface area contributed by atoms with Gasteiger partial charge < -0.3 is 15.1 Å². The average molecular weight is 291 g/mol. The third-order valence-corrected chi connectivity index (χ3v) is 4.32. The molecule has 1 aliphatic heterocycles. The molecule has 1 unspecified atom stereocenters. The van der Waals surface area contributed by atoms with Gasteiger partial charge in [0.15, 0.2) is 0 Å². The normalized spacial score (nSPS) is 25.3. The number of amides is 1. The van der Waals surface area contributed by atoms with Crippen LogP contribution in [-0.2, 0) is 16.0 Å². The van der Waals surface area contributed by atoms with E-state index in [-0.39, 0.29) is 25.5 Å². The quantitative estimate of drug-likeness (QED) is 0.824. The fourth-order valence-corrected chi connectivity index (χ4v) is 2.96. The number of carbonyl (C=O) groups excluding carboxylic acids is 1. The molecule has 0 aliphatic carbocycles. The Bertz CT molecular complexity index is 516. The minimum atomic E-state index is -1.11. The predicted octanol–water partition coefficient (Wildman–Crippen LogP) is 1.16. The molecule has 1 fully saturated rings. The molecule has 0 saturated carbocycles. The Morgan fingerprint density at radius 1 is 1.38 bits per heavy atom. The summed E-state index contributed by atoms with van der Waals surface area (Å²) in [5.74, 6) is -1.78. The molecule has 1 aromatic rings. The number of carbonyl (C=O) groups is 2. The Kier molecular flexibility index (Phi) is 4.63. The Balaban J connectivity index is 2.08. The molecule has 0 bridgehead atoms. The Morgan fingerprint density at radius 2 is 2.05 bits per heavy atom. The molecule has 5 heteroatoms. The minimum absolute atomic E-state index is 0.162. The average Bonchev–Trinajstić information content (AvgIpc) is 2.72. The highest BCUT2D eigenvalue weighted by atomic mass is 16.4. The van der Waals surface area contributed by atoms with E-state index in [1.54, 1.807) is 11.8 Å². The summed E-state index contributed by atoms with van der Waals surface area (Å²) < 4.78 is 0. The Morgan fingerprint density at radius 3 is 2.62 bits per heavy atom. The summed E-state index contributed by atoms with van der Waals surface area (Å²) in [6.45, 7) is 2.13. The molecule has 0 radical (unpaired) electrons. The van der Waals surface area contributed by atoms with Crippen molar-refractivity contribution >= 4 is 11.9 Å². The Hall–Kier alpha value is -1.88. The number of hydrogen-bond donors (Lipinski definition) is 2. The van der Waals surface area contributed by atoms with Crippen molar-refractivity contribution in [1.29, 1.82) is 0 Å². The van der Waals surface area contributed by atoms with Crippen LogP contribution in [0.4, 0.5) is 0 Å². The topological polar surface area (TPSA) is 77.8 Å². The van der Waals surface area contributed by atoms with Crippen molar-refractivity contribution < 1.29 is 19.8 Å². The van der Waals surface area contributed by atoms with Crippen LogP contribution in [0.15, 0.2) is 30.3 Å². The van der Waals surface area contributed by atoms with E-state index in [2.05, 4.69) is 0 Å². The number of aliphatic hydroxyl groups excluding tert-OH is 1. The van der Waals surface area contributed by atoms with Crippen LogP contribution in [0, 0.1) is 11.3 Å². The summed E-state index contributed by atoms with van der Waals surface area (Å²) in [5.41, 5.74) is 0.00388. The number of rotatable bonds is 6. The molecule has 1 amide bonds. The van der Waals surface area contributed by atoms with E-state index < -0.39 is 17.3 Å². The van der Waals surface area contributed by atoms with Gasteiger partial charge in [-0.2, -0.15) is 0 Å². The van der Waals surface area contributed by atoms with Crippen molar-refractivity contribution in [3.63, 3.8) is 0 Å². The number of likely N-dealkylation sites (tertiary alicyclic amines) is 1. The lowest BCUT2D eigenvalue weighted by atomic mass is 9.78. The van der Waals surface area contributed by atoms with Gasteiger partial charge in [0.2, 0.25) is 5.91 Å². The van der Waals surface area contributed by atoms with Crippen LogP contribution in [0.3, 0.4) is 0 Å². The third kappa shape index (κ3) is 3.08. The van der Waals surface area contributed by atoms with Crippen molar-refractivity contribution in [3.05, 3.63) is 35.9 Å². The molecule has 114 valence electrons. The zero-order valence-electron chi connectivity index (χ0n) is 12.2. The number of hydrogen-bond acceptors (Lipinski definition) is 3. The van der Waals surface area contributed by atoms with Crippen LogP contribution in [0.25, 0.3) is 0 Å². The van der Waals surface area contributed by atoms with Crippen LogP contribution >= 0.6 is 0 Å². The zero-order valence-corrected chi connectivity index (χ0v) is 12.2. The van der Waals surface area contributed by atoms with Gasteiger partial charge in [0.05, 0.1) is 11.3 Å². The van der Waals surface area contributed by atoms with Gasteiger partial charge in [-0.3, -0.25) is 9.59 Å². The highest BCUT2D eigenvalue weighted by molar-refractivity contribution is 5.91. The Labute approximate surface area is 124 Å². The summed E-state index contributed by atoms with van der Waals surface area (Å²) in [6.07, 6.45) is 0.900. The van der Waals surface area contributed by atoms with Gasteiger partial charge in [-0.15, -0.1) is 0 Å². The van der Waals surface area contributed by atoms with Gasteiger partial charge in [0.25, 0.3) is 0 Å². The van der Waals surface area contributed by atoms with Crippen LogP contribution < -0.4 is 0 Å². The second-order valence-electron chi connectivity index (χ2n) is 5.78. The molecule has 1 saturated heterocycles. The molecule has 1 heterocycles. The first-order valence-corrected chi connectivity index (χ1v) is 7.16. The van der Waals surface area contributed by atoms with E-state index in [1.807, 2.05) is 30.3 Å². The molecular weight excluding hydrogens is 270 g/mol. The van der Waals surface area contributed by atoms with Gasteiger partial charge in [0, 0.05) is 19.7 Å². The third-order valence-electron chi connectivity index (χ3n) is 4.32. The summed E-state index contributed by atoms with van der Waals surface area (Å²) in [7, 11) is 0. The minimum Gasteiger partial charge on any atom is -0.481 e. The van der Waals surface area contributed by atoms with E-state index in [9.17, 15) is 14.7 Å². The molecule has 21 heavy (non-hydrogen) atoms. The number of aliphatic hydroxyl groups is 1. The summed E-state index contributed by atoms with van der Waals surface area (Å²) in [4.78, 5) is 25.5. The maximum atomic E-state index is 12.4. The molecule has 0 spiro atoms. The maximum absolute atomic E-state index is 12.4. The van der Waals surface area contributed by atoms with E-state index in [0.717, 1.165) is 5.56 Å². The predicted molar refractivity (Wildman–Crippen MR) is 77.7 cm³/mol. The molecular formula is C16H21NO4. The molecule has 5 nitrogen and oxygen atoms in total. The van der Waals surface area contributed by atoms with E-state index >= 15 is 0 Å². The highest BCUT2D eigenvalue weighted by Gasteiger charge is 2.53. The molecule has 2 N–H and O–H groups in total. The van der Waals surface area contributed by atoms with Crippen LogP contribution in [0.2, 0.25) is 0 Å². The zero-order chi connectivity index (χ0) is 15.5. The number of nitrogens with zero attached hydrogens (tertiary/aromatic N) is 1. The van der Waals surface area contributed by atoms with Gasteiger partial charge in [-0.05, 0) is 25.3 Å². The van der Waals surface area contributed by atoms with Crippen molar-refractivity contribution in [1.82, 2.24) is 4.90 Å². The van der Waals surface area contributed by atoms with Gasteiger partial charge >= 0.3 is 5.97 Å². The molecule has 1 aliphatic rings. The lowest BCUT2D eigenvalue weighted by Crippen LogP contribution is -2.36. The maximum Gasteiger partial charge on any atom is 0.311 e. The van der Waals surface area contributed by atoms with Crippen molar-refractivity contribution in [2.45, 2.75) is 19.8 Å². The molecule has 0 aromatic heterocycles. The number of benzene rings is 1. The van der Waals surface area contributed by atoms with Crippen molar-refractivity contribution in [2.24, 2.45) is 11.3 Å². The largest absolute Gasteiger partial charge is 0.481 e. The van der Waals surface area contributed by atoms with Crippen molar-refractivity contribution in [3.8, 4) is 0 Å². The SMILES string of the molecule is C[C@@]1(C(=O)O)CN(CCc2ccccc2)C(=O)C1CCO. The highest BCUT2D eigenvalue weighted by Crippen LogP contribution is 2.39. The van der Waals surface area contributed by atoms with Gasteiger partial charge in [0.1, 0.15) is 0 Å². The monoisotopic (exact) mass is 291 g/mol. The van der Waals surface area contributed by atoms with Gasteiger partial charge in [-0.25, -0.2) is 0 Å². The second-order valence-corrected chi connectivity index (χ2v) is 5.78. The fourth-order valence-electron chi connectivity index (χ4n) is 2.96. The standard InChI is InChI=1S/C16H21NO4/c1-16(15(20)21)11-17(14(19)13(16)8-10-18)9-7-12-5-3-2-4-6-12/h2-6,13,18H,7-11H2,1H3,(H,20,21)/t13?,16-/m1/s1. The van der Waals surface area contributed by atoms with E-state index in [4.69, 9.17) is 5.11 Å². The summed E-state index contributed by atoms with van der Waals surface area (Å²) >= 11 is 0. The van der Waals surface area contributed by atoms with Crippen LogP contribution in [0.5, 0.6) is 0 Å².